The van der Waals surface area contributed by atoms with Crippen LogP contribution in [0.25, 0.3) is 6.08 Å². The highest BCUT2D eigenvalue weighted by Crippen LogP contribution is 2.16. The predicted molar refractivity (Wildman–Crippen MR) is 110 cm³/mol. The van der Waals surface area contributed by atoms with Gasteiger partial charge < -0.3 is 20.2 Å². The van der Waals surface area contributed by atoms with Crippen molar-refractivity contribution in [3.05, 3.63) is 62.6 Å². The number of carbonyl (C=O) groups is 3. The topological polar surface area (TPSA) is 109 Å². The third-order valence-electron chi connectivity index (χ3n) is 3.69. The summed E-state index contributed by atoms with van der Waals surface area (Å²) in [7, 11) is 0. The molecule has 1 aromatic carbocycles. The smallest absolute Gasteiger partial charge is 0.326 e. The van der Waals surface area contributed by atoms with Gasteiger partial charge in [-0.3, -0.25) is 9.59 Å². The second kappa shape index (κ2) is 9.70. The number of hydrogen-bond acceptors (Lipinski definition) is 4. The van der Waals surface area contributed by atoms with E-state index in [0.29, 0.717) is 10.2 Å². The Morgan fingerprint density at radius 2 is 1.71 bits per heavy atom. The van der Waals surface area contributed by atoms with Gasteiger partial charge in [0, 0.05) is 4.47 Å². The molecule has 9 heteroatoms. The molecule has 0 radical (unpaired) electrons. The van der Waals surface area contributed by atoms with Gasteiger partial charge in [-0.15, -0.1) is 0 Å². The fourth-order valence-electron chi connectivity index (χ4n) is 2.24. The normalized spacial score (nSPS) is 12.5. The first-order valence-corrected chi connectivity index (χ1v) is 9.83. The Balaban J connectivity index is 2.31. The summed E-state index contributed by atoms with van der Waals surface area (Å²) in [6.45, 7) is 3.35. The van der Waals surface area contributed by atoms with Crippen LogP contribution in [0.1, 0.15) is 30.0 Å². The molecule has 0 aliphatic rings. The van der Waals surface area contributed by atoms with Gasteiger partial charge in [0.25, 0.3) is 11.8 Å². The summed E-state index contributed by atoms with van der Waals surface area (Å²) in [4.78, 5) is 36.5. The minimum atomic E-state index is -1.16. The van der Waals surface area contributed by atoms with Gasteiger partial charge in [-0.25, -0.2) is 4.79 Å². The van der Waals surface area contributed by atoms with Crippen molar-refractivity contribution in [2.24, 2.45) is 5.92 Å². The number of benzene rings is 1. The maximum Gasteiger partial charge on any atom is 0.326 e. The van der Waals surface area contributed by atoms with Gasteiger partial charge in [-0.2, -0.15) is 0 Å². The minimum Gasteiger partial charge on any atom is -0.480 e. The molecule has 7 nitrogen and oxygen atoms in total. The molecule has 0 spiro atoms. The fourth-order valence-corrected chi connectivity index (χ4v) is 2.81. The first kappa shape index (κ1) is 21.9. The molecule has 0 aliphatic carbocycles. The minimum absolute atomic E-state index is 0.0000234. The van der Waals surface area contributed by atoms with E-state index in [4.69, 9.17) is 4.42 Å². The summed E-state index contributed by atoms with van der Waals surface area (Å²) < 4.78 is 6.41. The van der Waals surface area contributed by atoms with Gasteiger partial charge >= 0.3 is 5.97 Å². The van der Waals surface area contributed by atoms with Crippen molar-refractivity contribution in [2.75, 3.05) is 0 Å². The van der Waals surface area contributed by atoms with E-state index in [1.54, 1.807) is 44.2 Å². The first-order valence-electron chi connectivity index (χ1n) is 8.25. The van der Waals surface area contributed by atoms with Crippen molar-refractivity contribution in [1.82, 2.24) is 10.6 Å². The Kier molecular flexibility index (Phi) is 7.59. The van der Waals surface area contributed by atoms with Crippen molar-refractivity contribution < 1.29 is 23.9 Å². The van der Waals surface area contributed by atoms with Crippen LogP contribution >= 0.6 is 31.9 Å². The quantitative estimate of drug-likeness (QED) is 0.488. The molecule has 2 aromatic rings. The van der Waals surface area contributed by atoms with E-state index in [-0.39, 0.29) is 17.4 Å². The van der Waals surface area contributed by atoms with E-state index in [1.807, 2.05) is 0 Å². The lowest BCUT2D eigenvalue weighted by molar-refractivity contribution is -0.142. The van der Waals surface area contributed by atoms with E-state index < -0.39 is 23.8 Å². The number of halogens is 2. The van der Waals surface area contributed by atoms with Crippen molar-refractivity contribution >= 4 is 55.7 Å². The highest BCUT2D eigenvalue weighted by molar-refractivity contribution is 9.10. The Hall–Kier alpha value is -2.39. The van der Waals surface area contributed by atoms with Crippen molar-refractivity contribution in [3.8, 4) is 0 Å². The van der Waals surface area contributed by atoms with Crippen LogP contribution in [-0.2, 0) is 9.59 Å². The number of furan rings is 1. The van der Waals surface area contributed by atoms with Crippen LogP contribution in [0.15, 0.2) is 55.7 Å². The molecule has 0 aliphatic heterocycles. The van der Waals surface area contributed by atoms with E-state index in [0.717, 1.165) is 4.47 Å². The van der Waals surface area contributed by atoms with Gasteiger partial charge in [0.05, 0.1) is 0 Å². The number of nitrogens with one attached hydrogen (secondary N) is 2. The van der Waals surface area contributed by atoms with Crippen LogP contribution < -0.4 is 10.6 Å². The third-order valence-corrected chi connectivity index (χ3v) is 4.65. The fraction of sp³-hybridized carbons (Fsp3) is 0.211. The lowest BCUT2D eigenvalue weighted by Crippen LogP contribution is -2.47. The summed E-state index contributed by atoms with van der Waals surface area (Å²) in [6, 6.07) is 8.93. The maximum atomic E-state index is 12.7. The molecule has 3 N–H and O–H groups in total. The highest BCUT2D eigenvalue weighted by Gasteiger charge is 2.26. The summed E-state index contributed by atoms with van der Waals surface area (Å²) >= 11 is 6.44. The van der Waals surface area contributed by atoms with Gasteiger partial charge in [-0.1, -0.05) is 41.9 Å². The zero-order chi connectivity index (χ0) is 20.8. The van der Waals surface area contributed by atoms with Crippen molar-refractivity contribution in [2.45, 2.75) is 19.9 Å². The molecule has 1 unspecified atom stereocenters. The summed E-state index contributed by atoms with van der Waals surface area (Å²) in [5, 5.41) is 14.2. The lowest BCUT2D eigenvalue weighted by atomic mass is 10.0. The van der Waals surface area contributed by atoms with Gasteiger partial charge in [-0.05, 0) is 57.8 Å². The van der Waals surface area contributed by atoms with Gasteiger partial charge in [0.15, 0.2) is 10.4 Å². The standard InChI is InChI=1S/C19H18Br2N2O5/c1-10(2)16(19(26)27)23-17(24)13(9-11-3-5-12(20)6-4-11)22-18(25)14-7-8-15(21)28-14/h3-10,16H,1-2H3,(H,22,25)(H,23,24)(H,26,27). The molecular formula is C19H18Br2N2O5. The molecule has 148 valence electrons. The predicted octanol–water partition coefficient (Wildman–Crippen LogP) is 3.80. The van der Waals surface area contributed by atoms with Crippen LogP contribution in [0, 0.1) is 5.92 Å². The molecule has 28 heavy (non-hydrogen) atoms. The van der Waals surface area contributed by atoms with E-state index in [1.165, 1.54) is 12.1 Å². The first-order chi connectivity index (χ1) is 13.2. The van der Waals surface area contributed by atoms with Crippen LogP contribution in [0.3, 0.4) is 0 Å². The molecule has 0 fully saturated rings. The summed E-state index contributed by atoms with van der Waals surface area (Å²) in [5.74, 6) is -2.86. The SMILES string of the molecule is CC(C)C(NC(=O)C(=Cc1ccc(Br)cc1)NC(=O)c1ccc(Br)o1)C(=O)O. The van der Waals surface area contributed by atoms with Crippen LogP contribution in [0.2, 0.25) is 0 Å². The molecule has 1 aromatic heterocycles. The van der Waals surface area contributed by atoms with Crippen molar-refractivity contribution in [1.29, 1.82) is 0 Å². The summed E-state index contributed by atoms with van der Waals surface area (Å²) in [5.41, 5.74) is 0.539. The second-order valence-corrected chi connectivity index (χ2v) is 7.90. The molecule has 0 bridgehead atoms. The number of amides is 2. The molecule has 0 saturated heterocycles. The number of aliphatic carboxylic acids is 1. The van der Waals surface area contributed by atoms with E-state index in [2.05, 4.69) is 42.5 Å². The number of carboxylic acids is 1. The third kappa shape index (κ3) is 6.07. The molecule has 0 saturated carbocycles. The Morgan fingerprint density at radius 1 is 1.07 bits per heavy atom. The second-order valence-electron chi connectivity index (χ2n) is 6.20. The lowest BCUT2D eigenvalue weighted by Gasteiger charge is -2.19. The average molecular weight is 514 g/mol. The largest absolute Gasteiger partial charge is 0.480 e. The Labute approximate surface area is 178 Å². The molecule has 1 heterocycles. The van der Waals surface area contributed by atoms with Gasteiger partial charge in [0.2, 0.25) is 0 Å². The summed E-state index contributed by atoms with van der Waals surface area (Å²) in [6.07, 6.45) is 1.46. The maximum absolute atomic E-state index is 12.7. The van der Waals surface area contributed by atoms with Crippen molar-refractivity contribution in [3.63, 3.8) is 0 Å². The monoisotopic (exact) mass is 512 g/mol. The number of hydrogen-bond donors (Lipinski definition) is 3. The molecule has 2 amide bonds. The number of rotatable bonds is 7. The zero-order valence-corrected chi connectivity index (χ0v) is 18.2. The van der Waals surface area contributed by atoms with E-state index in [9.17, 15) is 19.5 Å². The van der Waals surface area contributed by atoms with Crippen LogP contribution in [0.4, 0.5) is 0 Å². The Bertz CT molecular complexity index is 903. The molecule has 1 atom stereocenters. The van der Waals surface area contributed by atoms with Crippen LogP contribution in [-0.4, -0.2) is 28.9 Å². The average Bonchev–Trinajstić information content (AvgIpc) is 3.06. The Morgan fingerprint density at radius 3 is 2.21 bits per heavy atom. The number of carbonyl (C=O) groups excluding carboxylic acids is 2. The molecular weight excluding hydrogens is 496 g/mol. The van der Waals surface area contributed by atoms with E-state index >= 15 is 0 Å². The van der Waals surface area contributed by atoms with Crippen LogP contribution in [0.5, 0.6) is 0 Å². The molecule has 2 rings (SSSR count). The number of carboxylic acid groups (broad SMARTS) is 1. The van der Waals surface area contributed by atoms with Gasteiger partial charge in [0.1, 0.15) is 11.7 Å². The highest BCUT2D eigenvalue weighted by atomic mass is 79.9. The zero-order valence-electron chi connectivity index (χ0n) is 15.0.